The monoisotopic (exact) mass is 313 g/mol. The summed E-state index contributed by atoms with van der Waals surface area (Å²) in [6.07, 6.45) is 4.93. The third-order valence-electron chi connectivity index (χ3n) is 2.53. The molecule has 0 radical (unpaired) electrons. The highest BCUT2D eigenvalue weighted by molar-refractivity contribution is 9.09. The Hall–Kier alpha value is -1.24. The fourth-order valence-corrected chi connectivity index (χ4v) is 1.71. The van der Waals surface area contributed by atoms with Crippen LogP contribution in [0.2, 0.25) is 0 Å². The molecule has 0 aromatic carbocycles. The van der Waals surface area contributed by atoms with Crippen molar-refractivity contribution < 1.29 is 4.52 Å². The highest BCUT2D eigenvalue weighted by Crippen LogP contribution is 2.18. The predicted octanol–water partition coefficient (Wildman–Crippen LogP) is 2.51. The van der Waals surface area contributed by atoms with Crippen molar-refractivity contribution in [2.24, 2.45) is 0 Å². The molecule has 0 spiro atoms. The van der Waals surface area contributed by atoms with E-state index >= 15 is 0 Å². The molecule has 0 N–H and O–H groups in total. The molecule has 1 unspecified atom stereocenters. The quantitative estimate of drug-likeness (QED) is 0.766. The third kappa shape index (κ3) is 3.38. The van der Waals surface area contributed by atoms with Crippen LogP contribution in [0.1, 0.15) is 48.9 Å². The van der Waals surface area contributed by atoms with Crippen molar-refractivity contribution >= 4 is 15.9 Å². The van der Waals surface area contributed by atoms with E-state index in [1.165, 1.54) is 0 Å². The second-order valence-electron chi connectivity index (χ2n) is 4.16. The number of unbranched alkanes of at least 4 members (excludes halogenated alkanes) is 1. The van der Waals surface area contributed by atoms with Crippen LogP contribution in [0.15, 0.2) is 10.7 Å². The summed E-state index contributed by atoms with van der Waals surface area (Å²) >= 11 is 3.45. The van der Waals surface area contributed by atoms with Crippen molar-refractivity contribution in [3.8, 4) is 0 Å². The van der Waals surface area contributed by atoms with Gasteiger partial charge in [-0.05, 0) is 13.3 Å². The Kier molecular flexibility index (Phi) is 4.46. The SMILES string of the molecule is CCCCc1noc(Cn2cc(C(C)Br)nn2)n1. The smallest absolute Gasteiger partial charge is 0.248 e. The van der Waals surface area contributed by atoms with Gasteiger partial charge < -0.3 is 4.52 Å². The predicted molar refractivity (Wildman–Crippen MR) is 69.4 cm³/mol. The maximum Gasteiger partial charge on any atom is 0.248 e. The summed E-state index contributed by atoms with van der Waals surface area (Å²) < 4.78 is 6.87. The van der Waals surface area contributed by atoms with Crippen LogP contribution in [0.4, 0.5) is 0 Å². The van der Waals surface area contributed by atoms with E-state index in [9.17, 15) is 0 Å². The standard InChI is InChI=1S/C11H16BrN5O/c1-3-4-5-10-13-11(18-15-10)7-17-6-9(8(2)12)14-16-17/h6,8H,3-5,7H2,1-2H3. The van der Waals surface area contributed by atoms with Crippen LogP contribution >= 0.6 is 15.9 Å². The van der Waals surface area contributed by atoms with E-state index in [0.717, 1.165) is 30.8 Å². The van der Waals surface area contributed by atoms with Crippen molar-refractivity contribution in [2.75, 3.05) is 0 Å². The molecule has 2 rings (SSSR count). The van der Waals surface area contributed by atoms with Gasteiger partial charge in [0.2, 0.25) is 5.89 Å². The van der Waals surface area contributed by atoms with Crippen molar-refractivity contribution in [1.82, 2.24) is 25.1 Å². The fraction of sp³-hybridized carbons (Fsp3) is 0.636. The van der Waals surface area contributed by atoms with Gasteiger partial charge in [0.15, 0.2) is 5.82 Å². The molecule has 0 aliphatic rings. The van der Waals surface area contributed by atoms with Gasteiger partial charge in [0.25, 0.3) is 0 Å². The molecule has 2 aromatic rings. The summed E-state index contributed by atoms with van der Waals surface area (Å²) in [5.74, 6) is 1.33. The number of halogens is 1. The third-order valence-corrected chi connectivity index (χ3v) is 2.99. The first-order valence-corrected chi connectivity index (χ1v) is 6.96. The molecule has 0 fully saturated rings. The van der Waals surface area contributed by atoms with E-state index in [1.54, 1.807) is 4.68 Å². The molecule has 6 nitrogen and oxygen atoms in total. The van der Waals surface area contributed by atoms with Crippen LogP contribution in [0, 0.1) is 0 Å². The number of aryl methyl sites for hydroxylation is 1. The van der Waals surface area contributed by atoms with Crippen LogP contribution in [0.5, 0.6) is 0 Å². The topological polar surface area (TPSA) is 69.6 Å². The molecule has 7 heteroatoms. The average Bonchev–Trinajstić information content (AvgIpc) is 2.96. The van der Waals surface area contributed by atoms with Crippen molar-refractivity contribution in [3.05, 3.63) is 23.6 Å². The lowest BCUT2D eigenvalue weighted by molar-refractivity contribution is 0.359. The molecule has 0 saturated carbocycles. The van der Waals surface area contributed by atoms with Gasteiger partial charge in [-0.15, -0.1) is 5.10 Å². The Morgan fingerprint density at radius 2 is 2.33 bits per heavy atom. The summed E-state index contributed by atoms with van der Waals surface area (Å²) in [5, 5.41) is 12.0. The van der Waals surface area contributed by atoms with E-state index < -0.39 is 0 Å². The molecule has 18 heavy (non-hydrogen) atoms. The second-order valence-corrected chi connectivity index (χ2v) is 5.54. The number of alkyl halides is 1. The number of rotatable bonds is 6. The van der Waals surface area contributed by atoms with Gasteiger partial charge >= 0.3 is 0 Å². The van der Waals surface area contributed by atoms with Gasteiger partial charge in [-0.3, -0.25) is 0 Å². The van der Waals surface area contributed by atoms with E-state index in [0.29, 0.717) is 12.4 Å². The van der Waals surface area contributed by atoms with Gasteiger partial charge in [0, 0.05) is 6.42 Å². The summed E-state index contributed by atoms with van der Waals surface area (Å²) in [4.78, 5) is 4.51. The summed E-state index contributed by atoms with van der Waals surface area (Å²) in [6, 6.07) is 0. The molecule has 2 heterocycles. The summed E-state index contributed by atoms with van der Waals surface area (Å²) in [6.45, 7) is 4.61. The molecule has 0 aliphatic heterocycles. The molecule has 0 bridgehead atoms. The highest BCUT2D eigenvalue weighted by atomic mass is 79.9. The highest BCUT2D eigenvalue weighted by Gasteiger charge is 2.10. The lowest BCUT2D eigenvalue weighted by Crippen LogP contribution is -2.01. The zero-order valence-electron chi connectivity index (χ0n) is 10.5. The number of hydrogen-bond donors (Lipinski definition) is 0. The Labute approximate surface area is 114 Å². The van der Waals surface area contributed by atoms with Crippen molar-refractivity contribution in [3.63, 3.8) is 0 Å². The summed E-state index contributed by atoms with van der Waals surface area (Å²) in [5.41, 5.74) is 0.890. The summed E-state index contributed by atoms with van der Waals surface area (Å²) in [7, 11) is 0. The van der Waals surface area contributed by atoms with E-state index in [1.807, 2.05) is 13.1 Å². The molecule has 0 amide bonds. The van der Waals surface area contributed by atoms with Gasteiger partial charge in [-0.25, -0.2) is 4.68 Å². The molecule has 1 atom stereocenters. The zero-order valence-corrected chi connectivity index (χ0v) is 12.1. The van der Waals surface area contributed by atoms with Crippen molar-refractivity contribution in [1.29, 1.82) is 0 Å². The largest absolute Gasteiger partial charge is 0.337 e. The zero-order chi connectivity index (χ0) is 13.0. The van der Waals surface area contributed by atoms with Gasteiger partial charge in [0.05, 0.1) is 16.7 Å². The van der Waals surface area contributed by atoms with E-state index in [-0.39, 0.29) is 4.83 Å². The first kappa shape index (κ1) is 13.2. The lowest BCUT2D eigenvalue weighted by Gasteiger charge is -1.94. The molecular weight excluding hydrogens is 298 g/mol. The fourth-order valence-electron chi connectivity index (χ4n) is 1.50. The van der Waals surface area contributed by atoms with Crippen LogP contribution in [-0.2, 0) is 13.0 Å². The Morgan fingerprint density at radius 1 is 1.50 bits per heavy atom. The number of hydrogen-bond acceptors (Lipinski definition) is 5. The average molecular weight is 314 g/mol. The van der Waals surface area contributed by atoms with E-state index in [2.05, 4.69) is 43.3 Å². The molecule has 0 aliphatic carbocycles. The van der Waals surface area contributed by atoms with Crippen molar-refractivity contribution in [2.45, 2.75) is 44.5 Å². The maximum absolute atomic E-state index is 5.17. The minimum absolute atomic E-state index is 0.189. The Bertz CT molecular complexity index is 493. The number of nitrogens with zero attached hydrogens (tertiary/aromatic N) is 5. The minimum atomic E-state index is 0.189. The van der Waals surface area contributed by atoms with E-state index in [4.69, 9.17) is 4.52 Å². The van der Waals surface area contributed by atoms with Crippen LogP contribution in [-0.4, -0.2) is 25.1 Å². The lowest BCUT2D eigenvalue weighted by atomic mass is 10.2. The molecule has 98 valence electrons. The van der Waals surface area contributed by atoms with Gasteiger partial charge in [-0.1, -0.05) is 39.6 Å². The first-order chi connectivity index (χ1) is 8.69. The first-order valence-electron chi connectivity index (χ1n) is 6.04. The maximum atomic E-state index is 5.17. The van der Waals surface area contributed by atoms with Crippen LogP contribution in [0.3, 0.4) is 0 Å². The van der Waals surface area contributed by atoms with Crippen LogP contribution in [0.25, 0.3) is 0 Å². The molecular formula is C11H16BrN5O. The molecule has 0 saturated heterocycles. The van der Waals surface area contributed by atoms with Crippen LogP contribution < -0.4 is 0 Å². The minimum Gasteiger partial charge on any atom is -0.337 e. The Balaban J connectivity index is 1.97. The van der Waals surface area contributed by atoms with Gasteiger partial charge in [0.1, 0.15) is 6.54 Å². The van der Waals surface area contributed by atoms with Gasteiger partial charge in [-0.2, -0.15) is 4.98 Å². The number of aromatic nitrogens is 5. The Morgan fingerprint density at radius 3 is 3.00 bits per heavy atom. The normalized spacial score (nSPS) is 12.8. The molecule has 2 aromatic heterocycles. The second kappa shape index (κ2) is 6.08.